The van der Waals surface area contributed by atoms with Gasteiger partial charge in [0.2, 0.25) is 0 Å². The summed E-state index contributed by atoms with van der Waals surface area (Å²) < 4.78 is 5.35. The molecule has 0 spiro atoms. The molecule has 5 heteroatoms. The summed E-state index contributed by atoms with van der Waals surface area (Å²) in [5, 5.41) is 9.37. The Kier molecular flexibility index (Phi) is 3.03. The number of fused-ring (bicyclic) bond motifs is 3. The summed E-state index contributed by atoms with van der Waals surface area (Å²) in [5.41, 5.74) is -1.28. The fourth-order valence-corrected chi connectivity index (χ4v) is 2.90. The number of nitrogens with zero attached hydrogens (tertiary/aromatic N) is 1. The number of piperidine rings is 2. The predicted molar refractivity (Wildman–Crippen MR) is 65.3 cm³/mol. The summed E-state index contributed by atoms with van der Waals surface area (Å²) in [7, 11) is 0. The second-order valence-electron chi connectivity index (χ2n) is 6.42. The number of carboxylic acids is 1. The van der Waals surface area contributed by atoms with Crippen LogP contribution < -0.4 is 0 Å². The fourth-order valence-electron chi connectivity index (χ4n) is 2.90. The van der Waals surface area contributed by atoms with Gasteiger partial charge in [-0.05, 0) is 46.5 Å². The van der Waals surface area contributed by atoms with Gasteiger partial charge in [0, 0.05) is 12.6 Å². The van der Waals surface area contributed by atoms with Gasteiger partial charge in [-0.1, -0.05) is 0 Å². The molecular formula is C13H21NO4. The van der Waals surface area contributed by atoms with Gasteiger partial charge in [-0.25, -0.2) is 4.79 Å². The van der Waals surface area contributed by atoms with Crippen molar-refractivity contribution < 1.29 is 19.4 Å². The zero-order valence-electron chi connectivity index (χ0n) is 11.2. The number of rotatable bonds is 1. The number of ether oxygens (including phenoxy) is 1. The summed E-state index contributed by atoms with van der Waals surface area (Å²) in [4.78, 5) is 25.1. The Morgan fingerprint density at radius 1 is 1.28 bits per heavy atom. The van der Waals surface area contributed by atoms with Crippen LogP contribution in [-0.2, 0) is 9.53 Å². The smallest absolute Gasteiger partial charge is 0.410 e. The molecule has 3 rings (SSSR count). The van der Waals surface area contributed by atoms with Gasteiger partial charge in [-0.15, -0.1) is 0 Å². The largest absolute Gasteiger partial charge is 0.481 e. The molecule has 2 heterocycles. The Balaban J connectivity index is 2.11. The average Bonchev–Trinajstić information content (AvgIpc) is 2.28. The zero-order valence-corrected chi connectivity index (χ0v) is 11.2. The van der Waals surface area contributed by atoms with Crippen LogP contribution in [-0.4, -0.2) is 40.3 Å². The van der Waals surface area contributed by atoms with Gasteiger partial charge >= 0.3 is 12.1 Å². The number of hydrogen-bond acceptors (Lipinski definition) is 3. The van der Waals surface area contributed by atoms with E-state index in [2.05, 4.69) is 0 Å². The molecule has 18 heavy (non-hydrogen) atoms. The highest BCUT2D eigenvalue weighted by Crippen LogP contribution is 2.45. The van der Waals surface area contributed by atoms with Gasteiger partial charge in [0.25, 0.3) is 0 Å². The topological polar surface area (TPSA) is 66.8 Å². The molecule has 0 aromatic heterocycles. The maximum Gasteiger partial charge on any atom is 0.410 e. The minimum Gasteiger partial charge on any atom is -0.481 e. The third-order valence-corrected chi connectivity index (χ3v) is 3.91. The molecule has 0 aromatic rings. The van der Waals surface area contributed by atoms with Crippen LogP contribution in [0.25, 0.3) is 0 Å². The average molecular weight is 255 g/mol. The quantitative estimate of drug-likeness (QED) is 0.780. The van der Waals surface area contributed by atoms with E-state index in [-0.39, 0.29) is 12.1 Å². The minimum absolute atomic E-state index is 0.154. The molecule has 2 aliphatic heterocycles. The van der Waals surface area contributed by atoms with E-state index in [1.54, 1.807) is 4.90 Å². The first-order valence-electron chi connectivity index (χ1n) is 6.47. The van der Waals surface area contributed by atoms with Crippen LogP contribution in [0.1, 0.15) is 46.5 Å². The molecule has 5 nitrogen and oxygen atoms in total. The van der Waals surface area contributed by atoms with Crippen molar-refractivity contribution in [2.24, 2.45) is 5.41 Å². The summed E-state index contributed by atoms with van der Waals surface area (Å²) in [6, 6.07) is 0.154. The molecule has 1 aliphatic carbocycles. The van der Waals surface area contributed by atoms with Gasteiger partial charge in [0.15, 0.2) is 0 Å². The lowest BCUT2D eigenvalue weighted by molar-refractivity contribution is -0.158. The van der Waals surface area contributed by atoms with Crippen LogP contribution in [0.15, 0.2) is 0 Å². The Morgan fingerprint density at radius 3 is 2.28 bits per heavy atom. The van der Waals surface area contributed by atoms with Crippen molar-refractivity contribution in [3.63, 3.8) is 0 Å². The van der Waals surface area contributed by atoms with Gasteiger partial charge in [-0.3, -0.25) is 4.79 Å². The first-order valence-corrected chi connectivity index (χ1v) is 6.47. The molecule has 2 saturated heterocycles. The van der Waals surface area contributed by atoms with E-state index in [1.807, 2.05) is 20.8 Å². The Morgan fingerprint density at radius 2 is 1.83 bits per heavy atom. The number of carboxylic acid groups (broad SMARTS) is 1. The Hall–Kier alpha value is -1.26. The molecule has 0 aromatic carbocycles. The van der Waals surface area contributed by atoms with Crippen LogP contribution in [0.5, 0.6) is 0 Å². The van der Waals surface area contributed by atoms with E-state index in [4.69, 9.17) is 4.74 Å². The third-order valence-electron chi connectivity index (χ3n) is 3.91. The van der Waals surface area contributed by atoms with E-state index in [0.29, 0.717) is 19.4 Å². The standard InChI is InChI=1S/C13H21NO4/c1-12(2,3)18-11(17)14-8-13(10(15)16)6-4-9(14)5-7-13/h9H,4-8H2,1-3H3,(H,15,16). The Bertz CT molecular complexity index is 364. The van der Waals surface area contributed by atoms with Crippen molar-refractivity contribution in [3.05, 3.63) is 0 Å². The summed E-state index contributed by atoms with van der Waals surface area (Å²) in [6.07, 6.45) is 2.51. The van der Waals surface area contributed by atoms with Gasteiger partial charge < -0.3 is 14.7 Å². The lowest BCUT2D eigenvalue weighted by Crippen LogP contribution is -2.59. The van der Waals surface area contributed by atoms with Crippen molar-refractivity contribution in [1.82, 2.24) is 4.90 Å². The van der Waals surface area contributed by atoms with E-state index >= 15 is 0 Å². The molecule has 3 aliphatic rings. The zero-order chi connectivity index (χ0) is 13.6. The highest BCUT2D eigenvalue weighted by molar-refractivity contribution is 5.78. The highest BCUT2D eigenvalue weighted by atomic mass is 16.6. The van der Waals surface area contributed by atoms with E-state index in [9.17, 15) is 14.7 Å². The molecule has 3 fully saturated rings. The molecule has 102 valence electrons. The molecule has 1 N–H and O–H groups in total. The van der Waals surface area contributed by atoms with Crippen LogP contribution in [0.3, 0.4) is 0 Å². The molecule has 2 bridgehead atoms. The first-order chi connectivity index (χ1) is 8.23. The maximum atomic E-state index is 12.1. The monoisotopic (exact) mass is 255 g/mol. The van der Waals surface area contributed by atoms with Crippen molar-refractivity contribution >= 4 is 12.1 Å². The van der Waals surface area contributed by atoms with Gasteiger partial charge in [0.1, 0.15) is 5.60 Å². The van der Waals surface area contributed by atoms with Gasteiger partial charge in [-0.2, -0.15) is 0 Å². The molecule has 0 unspecified atom stereocenters. The number of carbonyl (C=O) groups excluding carboxylic acids is 1. The lowest BCUT2D eigenvalue weighted by Gasteiger charge is -2.50. The Labute approximate surface area is 107 Å². The summed E-state index contributed by atoms with van der Waals surface area (Å²) in [5.74, 6) is -0.783. The second kappa shape index (κ2) is 4.14. The second-order valence-corrected chi connectivity index (χ2v) is 6.42. The van der Waals surface area contributed by atoms with Crippen molar-refractivity contribution in [2.45, 2.75) is 58.1 Å². The van der Waals surface area contributed by atoms with E-state index in [0.717, 1.165) is 12.8 Å². The number of hydrogen-bond donors (Lipinski definition) is 1. The van der Waals surface area contributed by atoms with Crippen molar-refractivity contribution in [2.75, 3.05) is 6.54 Å². The predicted octanol–water partition coefficient (Wildman–Crippen LogP) is 2.25. The summed E-state index contributed by atoms with van der Waals surface area (Å²) in [6.45, 7) is 5.75. The third kappa shape index (κ3) is 2.31. The van der Waals surface area contributed by atoms with Gasteiger partial charge in [0.05, 0.1) is 5.41 Å². The molecule has 1 amide bonds. The van der Waals surface area contributed by atoms with E-state index < -0.39 is 17.0 Å². The highest BCUT2D eigenvalue weighted by Gasteiger charge is 2.51. The number of amides is 1. The normalized spacial score (nSPS) is 31.3. The molecular weight excluding hydrogens is 234 g/mol. The number of aliphatic carboxylic acids is 1. The lowest BCUT2D eigenvalue weighted by atomic mass is 9.68. The van der Waals surface area contributed by atoms with E-state index in [1.165, 1.54) is 0 Å². The van der Waals surface area contributed by atoms with Crippen molar-refractivity contribution in [3.8, 4) is 0 Å². The minimum atomic E-state index is -0.783. The fraction of sp³-hybridized carbons (Fsp3) is 0.846. The first kappa shape index (κ1) is 13.2. The summed E-state index contributed by atoms with van der Waals surface area (Å²) >= 11 is 0. The van der Waals surface area contributed by atoms with Crippen LogP contribution in [0.4, 0.5) is 4.79 Å². The maximum absolute atomic E-state index is 12.1. The SMILES string of the molecule is CC(C)(C)OC(=O)N1CC2(C(=O)O)CCC1CC2. The molecule has 0 radical (unpaired) electrons. The van der Waals surface area contributed by atoms with Crippen LogP contribution in [0, 0.1) is 5.41 Å². The number of carbonyl (C=O) groups is 2. The van der Waals surface area contributed by atoms with Crippen molar-refractivity contribution in [1.29, 1.82) is 0 Å². The molecule has 0 atom stereocenters. The van der Waals surface area contributed by atoms with Crippen LogP contribution in [0.2, 0.25) is 0 Å². The molecule has 1 saturated carbocycles. The van der Waals surface area contributed by atoms with Crippen LogP contribution >= 0.6 is 0 Å².